The zero-order valence-electron chi connectivity index (χ0n) is 16.1. The Morgan fingerprint density at radius 2 is 1.96 bits per heavy atom. The van der Waals surface area contributed by atoms with E-state index >= 15 is 0 Å². The van der Waals surface area contributed by atoms with Gasteiger partial charge in [0.15, 0.2) is 0 Å². The molecule has 1 aliphatic rings. The van der Waals surface area contributed by atoms with Gasteiger partial charge in [0.1, 0.15) is 0 Å². The highest BCUT2D eigenvalue weighted by atomic mass is 16.5. The van der Waals surface area contributed by atoms with Crippen LogP contribution < -0.4 is 10.6 Å². The van der Waals surface area contributed by atoms with Gasteiger partial charge in [-0.3, -0.25) is 4.79 Å². The van der Waals surface area contributed by atoms with Gasteiger partial charge in [0.05, 0.1) is 12.7 Å². The number of benzene rings is 1. The molecule has 0 radical (unpaired) electrons. The molecule has 6 heteroatoms. The molecular formula is C20H31N3O3. The smallest absolute Gasteiger partial charge is 0.319 e. The molecule has 1 aromatic carbocycles. The van der Waals surface area contributed by atoms with Crippen molar-refractivity contribution in [3.05, 3.63) is 29.8 Å². The summed E-state index contributed by atoms with van der Waals surface area (Å²) >= 11 is 0. The number of ether oxygens (including phenoxy) is 1. The van der Waals surface area contributed by atoms with Crippen LogP contribution in [-0.4, -0.2) is 43.1 Å². The molecule has 3 amide bonds. The Kier molecular flexibility index (Phi) is 7.91. The molecule has 0 saturated heterocycles. The zero-order chi connectivity index (χ0) is 18.9. The fourth-order valence-corrected chi connectivity index (χ4v) is 3.22. The monoisotopic (exact) mass is 361 g/mol. The van der Waals surface area contributed by atoms with E-state index in [4.69, 9.17) is 4.74 Å². The van der Waals surface area contributed by atoms with E-state index in [0.29, 0.717) is 37.4 Å². The Morgan fingerprint density at radius 1 is 1.23 bits per heavy atom. The summed E-state index contributed by atoms with van der Waals surface area (Å²) in [5.41, 5.74) is 1.60. The van der Waals surface area contributed by atoms with E-state index in [9.17, 15) is 9.59 Å². The first-order valence-electron chi connectivity index (χ1n) is 9.43. The Morgan fingerprint density at radius 3 is 2.69 bits per heavy atom. The average molecular weight is 361 g/mol. The molecule has 2 rings (SSSR count). The topological polar surface area (TPSA) is 70.7 Å². The number of amides is 3. The molecule has 1 aromatic rings. The number of urea groups is 1. The highest BCUT2D eigenvalue weighted by Gasteiger charge is 2.21. The number of carbonyl (C=O) groups is 2. The first-order valence-corrected chi connectivity index (χ1v) is 9.43. The molecule has 0 spiro atoms. The number of hydrogen-bond acceptors (Lipinski definition) is 3. The molecule has 2 N–H and O–H groups in total. The van der Waals surface area contributed by atoms with Crippen LogP contribution in [0.1, 0.15) is 45.1 Å². The normalized spacial score (nSPS) is 19.7. The fourth-order valence-electron chi connectivity index (χ4n) is 3.22. The zero-order valence-corrected chi connectivity index (χ0v) is 16.1. The van der Waals surface area contributed by atoms with Crippen LogP contribution in [0.4, 0.5) is 10.5 Å². The quantitative estimate of drug-likeness (QED) is 0.732. The average Bonchev–Trinajstić information content (AvgIpc) is 2.61. The van der Waals surface area contributed by atoms with Crippen LogP contribution in [0.3, 0.4) is 0 Å². The molecule has 26 heavy (non-hydrogen) atoms. The molecule has 1 saturated carbocycles. The van der Waals surface area contributed by atoms with Gasteiger partial charge in [0.2, 0.25) is 5.91 Å². The fraction of sp³-hybridized carbons (Fsp3) is 0.600. The minimum absolute atomic E-state index is 0.0154. The Labute approximate surface area is 156 Å². The lowest BCUT2D eigenvalue weighted by atomic mass is 9.88. The number of rotatable bonds is 7. The van der Waals surface area contributed by atoms with E-state index < -0.39 is 0 Å². The van der Waals surface area contributed by atoms with Gasteiger partial charge in [-0.05, 0) is 30.4 Å². The summed E-state index contributed by atoms with van der Waals surface area (Å²) in [6.45, 7) is 5.21. The molecule has 0 aliphatic heterocycles. The highest BCUT2D eigenvalue weighted by Crippen LogP contribution is 2.26. The number of para-hydroxylation sites is 1. The second-order valence-corrected chi connectivity index (χ2v) is 7.08. The second-order valence-electron chi connectivity index (χ2n) is 7.08. The summed E-state index contributed by atoms with van der Waals surface area (Å²) < 4.78 is 5.91. The van der Waals surface area contributed by atoms with Crippen molar-refractivity contribution in [3.63, 3.8) is 0 Å². The molecule has 1 fully saturated rings. The van der Waals surface area contributed by atoms with Crippen molar-refractivity contribution in [2.45, 2.75) is 52.2 Å². The minimum Gasteiger partial charge on any atom is -0.376 e. The molecule has 0 heterocycles. The van der Waals surface area contributed by atoms with Crippen molar-refractivity contribution in [2.75, 3.05) is 25.5 Å². The maximum Gasteiger partial charge on any atom is 0.319 e. The van der Waals surface area contributed by atoms with Gasteiger partial charge in [-0.2, -0.15) is 0 Å². The predicted molar refractivity (Wildman–Crippen MR) is 103 cm³/mol. The van der Waals surface area contributed by atoms with E-state index in [2.05, 4.69) is 17.6 Å². The van der Waals surface area contributed by atoms with E-state index in [1.54, 1.807) is 11.9 Å². The molecule has 2 atom stereocenters. The number of nitrogens with zero attached hydrogens (tertiary/aromatic N) is 1. The van der Waals surface area contributed by atoms with Gasteiger partial charge in [-0.25, -0.2) is 4.79 Å². The molecule has 0 bridgehead atoms. The summed E-state index contributed by atoms with van der Waals surface area (Å²) in [6.07, 6.45) is 5.18. The number of anilines is 1. The lowest BCUT2D eigenvalue weighted by Crippen LogP contribution is -2.34. The maximum absolute atomic E-state index is 12.1. The van der Waals surface area contributed by atoms with Crippen LogP contribution >= 0.6 is 0 Å². The van der Waals surface area contributed by atoms with Gasteiger partial charge in [0, 0.05) is 32.7 Å². The standard InChI is InChI=1S/C20H31N3O3/c1-15-8-4-7-11-19(15)26-13-12-21-20(25)22-18-10-6-5-9-17(18)14-23(3)16(2)24/h5-6,9-10,15,19H,4,7-8,11-14H2,1-3H3,(H2,21,22,25)/t15-,19-/m1/s1. The Hall–Kier alpha value is -2.08. The van der Waals surface area contributed by atoms with Crippen LogP contribution in [0.25, 0.3) is 0 Å². The Balaban J connectivity index is 1.76. The SMILES string of the molecule is CC(=O)N(C)Cc1ccccc1NC(=O)NCCO[C@@H]1CCCC[C@H]1C. The minimum atomic E-state index is -0.261. The van der Waals surface area contributed by atoms with Crippen molar-refractivity contribution in [3.8, 4) is 0 Å². The van der Waals surface area contributed by atoms with E-state index in [-0.39, 0.29) is 11.9 Å². The molecular weight excluding hydrogens is 330 g/mol. The van der Waals surface area contributed by atoms with Crippen molar-refractivity contribution in [1.29, 1.82) is 0 Å². The lowest BCUT2D eigenvalue weighted by molar-refractivity contribution is -0.128. The predicted octanol–water partition coefficient (Wildman–Crippen LogP) is 3.38. The summed E-state index contributed by atoms with van der Waals surface area (Å²) in [5.74, 6) is 0.584. The van der Waals surface area contributed by atoms with Crippen molar-refractivity contribution >= 4 is 17.6 Å². The van der Waals surface area contributed by atoms with E-state index in [0.717, 1.165) is 12.0 Å². The summed E-state index contributed by atoms with van der Waals surface area (Å²) in [6, 6.07) is 7.24. The first kappa shape index (κ1) is 20.2. The Bertz CT molecular complexity index is 606. The van der Waals surface area contributed by atoms with Crippen LogP contribution in [0, 0.1) is 5.92 Å². The van der Waals surface area contributed by atoms with E-state index in [1.807, 2.05) is 24.3 Å². The van der Waals surface area contributed by atoms with Crippen LogP contribution in [0.15, 0.2) is 24.3 Å². The second kappa shape index (κ2) is 10.2. The van der Waals surface area contributed by atoms with Crippen molar-refractivity contribution < 1.29 is 14.3 Å². The van der Waals surface area contributed by atoms with Crippen LogP contribution in [-0.2, 0) is 16.1 Å². The van der Waals surface area contributed by atoms with Crippen LogP contribution in [0.2, 0.25) is 0 Å². The van der Waals surface area contributed by atoms with E-state index in [1.165, 1.54) is 26.2 Å². The third kappa shape index (κ3) is 6.33. The third-order valence-electron chi connectivity index (χ3n) is 4.96. The largest absolute Gasteiger partial charge is 0.376 e. The van der Waals surface area contributed by atoms with Crippen molar-refractivity contribution in [2.24, 2.45) is 5.92 Å². The maximum atomic E-state index is 12.1. The molecule has 6 nitrogen and oxygen atoms in total. The molecule has 1 aliphatic carbocycles. The molecule has 0 aromatic heterocycles. The van der Waals surface area contributed by atoms with Crippen molar-refractivity contribution in [1.82, 2.24) is 10.2 Å². The number of carbonyl (C=O) groups excluding carboxylic acids is 2. The lowest BCUT2D eigenvalue weighted by Gasteiger charge is -2.28. The van der Waals surface area contributed by atoms with Crippen LogP contribution in [0.5, 0.6) is 0 Å². The summed E-state index contributed by atoms with van der Waals surface area (Å²) in [4.78, 5) is 25.2. The highest BCUT2D eigenvalue weighted by molar-refractivity contribution is 5.90. The first-order chi connectivity index (χ1) is 12.5. The molecule has 144 valence electrons. The van der Waals surface area contributed by atoms with Gasteiger partial charge in [0.25, 0.3) is 0 Å². The van der Waals surface area contributed by atoms with Gasteiger partial charge < -0.3 is 20.3 Å². The number of hydrogen-bond donors (Lipinski definition) is 2. The third-order valence-corrected chi connectivity index (χ3v) is 4.96. The van der Waals surface area contributed by atoms with Gasteiger partial charge >= 0.3 is 6.03 Å². The molecule has 0 unspecified atom stereocenters. The van der Waals surface area contributed by atoms with Gasteiger partial charge in [-0.1, -0.05) is 38.0 Å². The summed E-state index contributed by atoms with van der Waals surface area (Å²) in [7, 11) is 1.74. The van der Waals surface area contributed by atoms with Gasteiger partial charge in [-0.15, -0.1) is 0 Å². The number of nitrogens with one attached hydrogen (secondary N) is 2. The summed E-state index contributed by atoms with van der Waals surface area (Å²) in [5, 5.41) is 5.69.